The standard InChI is InChI=1S/C14H29N3/c1-5-15-13(16-11-10-14(2,3)4)17-12-8-6-7-9-12/h12H,5-11H2,1-4H3,(H2,15,16,17). The number of guanidine groups is 1. The average Bonchev–Trinajstić information content (AvgIpc) is 2.68. The third-order valence-corrected chi connectivity index (χ3v) is 3.17. The molecule has 0 aromatic heterocycles. The van der Waals surface area contributed by atoms with E-state index in [-0.39, 0.29) is 0 Å². The normalized spacial score (nSPS) is 18.5. The number of hydrogen-bond acceptors (Lipinski definition) is 1. The molecule has 3 heteroatoms. The van der Waals surface area contributed by atoms with Crippen LogP contribution in [0.2, 0.25) is 0 Å². The van der Waals surface area contributed by atoms with Gasteiger partial charge in [-0.2, -0.15) is 0 Å². The van der Waals surface area contributed by atoms with Crippen LogP contribution in [0.5, 0.6) is 0 Å². The summed E-state index contributed by atoms with van der Waals surface area (Å²) in [7, 11) is 0. The molecule has 1 saturated carbocycles. The summed E-state index contributed by atoms with van der Waals surface area (Å²) >= 11 is 0. The first-order valence-corrected chi connectivity index (χ1v) is 7.06. The van der Waals surface area contributed by atoms with Crippen molar-refractivity contribution < 1.29 is 0 Å². The molecular formula is C14H29N3. The molecule has 0 bridgehead atoms. The monoisotopic (exact) mass is 239 g/mol. The fraction of sp³-hybridized carbons (Fsp3) is 0.929. The Morgan fingerprint density at radius 3 is 2.41 bits per heavy atom. The zero-order chi connectivity index (χ0) is 12.7. The molecule has 1 rings (SSSR count). The number of aliphatic imine (C=N–C) groups is 1. The Bertz CT molecular complexity index is 234. The smallest absolute Gasteiger partial charge is 0.191 e. The van der Waals surface area contributed by atoms with E-state index in [1.165, 1.54) is 25.7 Å². The lowest BCUT2D eigenvalue weighted by Crippen LogP contribution is -2.42. The molecule has 0 heterocycles. The van der Waals surface area contributed by atoms with Crippen LogP contribution in [0.15, 0.2) is 4.99 Å². The summed E-state index contributed by atoms with van der Waals surface area (Å²) in [6.45, 7) is 10.8. The van der Waals surface area contributed by atoms with Gasteiger partial charge in [0.2, 0.25) is 0 Å². The molecule has 0 aromatic rings. The molecule has 1 aliphatic carbocycles. The molecule has 0 saturated heterocycles. The topological polar surface area (TPSA) is 36.4 Å². The summed E-state index contributed by atoms with van der Waals surface area (Å²) in [5.41, 5.74) is 0.369. The van der Waals surface area contributed by atoms with Gasteiger partial charge < -0.3 is 10.6 Å². The molecule has 0 aliphatic heterocycles. The van der Waals surface area contributed by atoms with E-state index in [0.29, 0.717) is 11.5 Å². The Kier molecular flexibility index (Phi) is 5.79. The van der Waals surface area contributed by atoms with Gasteiger partial charge in [0, 0.05) is 19.1 Å². The number of hydrogen-bond donors (Lipinski definition) is 2. The first-order valence-electron chi connectivity index (χ1n) is 7.06. The van der Waals surface area contributed by atoms with Crippen LogP contribution in [0.25, 0.3) is 0 Å². The highest BCUT2D eigenvalue weighted by Crippen LogP contribution is 2.18. The lowest BCUT2D eigenvalue weighted by atomic mass is 9.92. The third-order valence-electron chi connectivity index (χ3n) is 3.17. The van der Waals surface area contributed by atoms with E-state index in [0.717, 1.165) is 25.5 Å². The number of nitrogens with one attached hydrogen (secondary N) is 2. The van der Waals surface area contributed by atoms with E-state index < -0.39 is 0 Å². The van der Waals surface area contributed by atoms with Crippen LogP contribution in [-0.2, 0) is 0 Å². The minimum Gasteiger partial charge on any atom is -0.357 e. The van der Waals surface area contributed by atoms with E-state index in [1.54, 1.807) is 0 Å². The van der Waals surface area contributed by atoms with Crippen LogP contribution >= 0.6 is 0 Å². The van der Waals surface area contributed by atoms with Crippen molar-refractivity contribution in [1.29, 1.82) is 0 Å². The molecule has 2 N–H and O–H groups in total. The Morgan fingerprint density at radius 1 is 1.24 bits per heavy atom. The largest absolute Gasteiger partial charge is 0.357 e. The zero-order valence-electron chi connectivity index (χ0n) is 12.0. The number of nitrogens with zero attached hydrogens (tertiary/aromatic N) is 1. The summed E-state index contributed by atoms with van der Waals surface area (Å²) in [6.07, 6.45) is 6.44. The molecule has 1 fully saturated rings. The Labute approximate surface area is 106 Å². The minimum absolute atomic E-state index is 0.369. The second kappa shape index (κ2) is 6.87. The molecule has 17 heavy (non-hydrogen) atoms. The van der Waals surface area contributed by atoms with Gasteiger partial charge in [-0.05, 0) is 31.6 Å². The first-order chi connectivity index (χ1) is 8.01. The van der Waals surface area contributed by atoms with E-state index in [2.05, 4.69) is 43.3 Å². The quantitative estimate of drug-likeness (QED) is 0.584. The van der Waals surface area contributed by atoms with Crippen LogP contribution in [0.1, 0.15) is 59.8 Å². The molecule has 0 radical (unpaired) electrons. The van der Waals surface area contributed by atoms with Crippen molar-refractivity contribution >= 4 is 5.96 Å². The predicted molar refractivity (Wildman–Crippen MR) is 75.4 cm³/mol. The predicted octanol–water partition coefficient (Wildman–Crippen LogP) is 2.92. The SMILES string of the molecule is CCNC(=NCCC(C)(C)C)NC1CCCC1. The third kappa shape index (κ3) is 6.54. The minimum atomic E-state index is 0.369. The Balaban J connectivity index is 2.37. The van der Waals surface area contributed by atoms with Crippen LogP contribution < -0.4 is 10.6 Å². The van der Waals surface area contributed by atoms with Gasteiger partial charge in [-0.1, -0.05) is 33.6 Å². The first kappa shape index (κ1) is 14.3. The van der Waals surface area contributed by atoms with Crippen molar-refractivity contribution in [3.05, 3.63) is 0 Å². The van der Waals surface area contributed by atoms with Crippen molar-refractivity contribution in [1.82, 2.24) is 10.6 Å². The summed E-state index contributed by atoms with van der Waals surface area (Å²) < 4.78 is 0. The van der Waals surface area contributed by atoms with Gasteiger partial charge in [-0.25, -0.2) is 0 Å². The highest BCUT2D eigenvalue weighted by molar-refractivity contribution is 5.80. The second-order valence-electron chi connectivity index (χ2n) is 6.20. The molecule has 0 spiro atoms. The van der Waals surface area contributed by atoms with Crippen LogP contribution in [0.3, 0.4) is 0 Å². The maximum Gasteiger partial charge on any atom is 0.191 e. The second-order valence-corrected chi connectivity index (χ2v) is 6.20. The van der Waals surface area contributed by atoms with E-state index >= 15 is 0 Å². The van der Waals surface area contributed by atoms with Crippen molar-refractivity contribution in [2.24, 2.45) is 10.4 Å². The van der Waals surface area contributed by atoms with Gasteiger partial charge in [0.1, 0.15) is 0 Å². The van der Waals surface area contributed by atoms with Crippen molar-refractivity contribution in [3.63, 3.8) is 0 Å². The van der Waals surface area contributed by atoms with Gasteiger partial charge in [0.05, 0.1) is 0 Å². The van der Waals surface area contributed by atoms with E-state index in [4.69, 9.17) is 0 Å². The molecule has 3 nitrogen and oxygen atoms in total. The van der Waals surface area contributed by atoms with Crippen LogP contribution in [-0.4, -0.2) is 25.1 Å². The average molecular weight is 239 g/mol. The number of rotatable bonds is 4. The maximum absolute atomic E-state index is 4.66. The molecule has 0 unspecified atom stereocenters. The van der Waals surface area contributed by atoms with Gasteiger partial charge in [0.15, 0.2) is 5.96 Å². The molecule has 0 atom stereocenters. The van der Waals surface area contributed by atoms with Crippen molar-refractivity contribution in [2.45, 2.75) is 65.8 Å². The highest BCUT2D eigenvalue weighted by atomic mass is 15.2. The molecule has 1 aliphatic rings. The highest BCUT2D eigenvalue weighted by Gasteiger charge is 2.16. The Morgan fingerprint density at radius 2 is 1.88 bits per heavy atom. The fourth-order valence-electron chi connectivity index (χ4n) is 2.09. The maximum atomic E-state index is 4.66. The molecule has 100 valence electrons. The fourth-order valence-corrected chi connectivity index (χ4v) is 2.09. The van der Waals surface area contributed by atoms with E-state index in [9.17, 15) is 0 Å². The van der Waals surface area contributed by atoms with Crippen molar-refractivity contribution in [2.75, 3.05) is 13.1 Å². The van der Waals surface area contributed by atoms with Gasteiger partial charge in [-0.15, -0.1) is 0 Å². The van der Waals surface area contributed by atoms with Crippen LogP contribution in [0, 0.1) is 5.41 Å². The summed E-state index contributed by atoms with van der Waals surface area (Å²) in [4.78, 5) is 4.66. The Hall–Kier alpha value is -0.730. The van der Waals surface area contributed by atoms with Gasteiger partial charge >= 0.3 is 0 Å². The van der Waals surface area contributed by atoms with Gasteiger partial charge in [-0.3, -0.25) is 4.99 Å². The van der Waals surface area contributed by atoms with Crippen molar-refractivity contribution in [3.8, 4) is 0 Å². The molecule has 0 amide bonds. The van der Waals surface area contributed by atoms with E-state index in [1.807, 2.05) is 0 Å². The zero-order valence-corrected chi connectivity index (χ0v) is 12.0. The summed E-state index contributed by atoms with van der Waals surface area (Å²) in [5, 5.41) is 6.88. The van der Waals surface area contributed by atoms with Crippen LogP contribution in [0.4, 0.5) is 0 Å². The lowest BCUT2D eigenvalue weighted by Gasteiger charge is -2.19. The summed E-state index contributed by atoms with van der Waals surface area (Å²) in [5.74, 6) is 1.00. The summed E-state index contributed by atoms with van der Waals surface area (Å²) in [6, 6.07) is 0.641. The molecule has 0 aromatic carbocycles. The van der Waals surface area contributed by atoms with Gasteiger partial charge in [0.25, 0.3) is 0 Å². The molecular weight excluding hydrogens is 210 g/mol. The lowest BCUT2D eigenvalue weighted by molar-refractivity contribution is 0.384.